The van der Waals surface area contributed by atoms with Crippen molar-refractivity contribution in [3.8, 4) is 0 Å². The van der Waals surface area contributed by atoms with E-state index in [1.165, 1.54) is 24.3 Å². The molecule has 0 aliphatic carbocycles. The van der Waals surface area contributed by atoms with Gasteiger partial charge in [-0.05, 0) is 31.5 Å². The molecule has 1 N–H and O–H groups in total. The Morgan fingerprint density at radius 3 is 2.09 bits per heavy atom. The predicted molar refractivity (Wildman–Crippen MR) is 83.7 cm³/mol. The third-order valence-electron chi connectivity index (χ3n) is 2.60. The van der Waals surface area contributed by atoms with E-state index in [-0.39, 0.29) is 18.9 Å². The van der Waals surface area contributed by atoms with Gasteiger partial charge < -0.3 is 14.4 Å². The Morgan fingerprint density at radius 1 is 1.22 bits per heavy atom. The Bertz CT molecular complexity index is 570. The zero-order valence-corrected chi connectivity index (χ0v) is 14.9. The molecule has 0 radical (unpaired) electrons. The summed E-state index contributed by atoms with van der Waals surface area (Å²) in [7, 11) is -3.45. The van der Waals surface area contributed by atoms with Crippen molar-refractivity contribution < 1.29 is 31.6 Å². The van der Waals surface area contributed by atoms with E-state index in [1.807, 2.05) is 0 Å². The van der Waals surface area contributed by atoms with Crippen LogP contribution >= 0.6 is 23.5 Å². The minimum absolute atomic E-state index is 0.0292. The van der Waals surface area contributed by atoms with Crippen LogP contribution in [0.3, 0.4) is 0 Å². The molecule has 0 saturated carbocycles. The average molecular weight is 418 g/mol. The summed E-state index contributed by atoms with van der Waals surface area (Å²) in [6.07, 6.45) is -4.96. The number of hydrogen-bond donors (Lipinski definition) is 1. The molecule has 23 heavy (non-hydrogen) atoms. The highest BCUT2D eigenvalue weighted by atomic mass is 79.9. The van der Waals surface area contributed by atoms with Crippen molar-refractivity contribution in [1.29, 1.82) is 0 Å². The molecule has 0 heterocycles. The van der Waals surface area contributed by atoms with Crippen LogP contribution in [0.25, 0.3) is 0 Å². The lowest BCUT2D eigenvalue weighted by Gasteiger charge is -2.22. The van der Waals surface area contributed by atoms with Crippen molar-refractivity contribution in [1.82, 2.24) is 0 Å². The molecule has 1 aromatic carbocycles. The van der Waals surface area contributed by atoms with Crippen LogP contribution in [-0.4, -0.2) is 25.3 Å². The first-order valence-electron chi connectivity index (χ1n) is 6.65. The molecule has 0 bridgehead atoms. The predicted octanol–water partition coefficient (Wildman–Crippen LogP) is 4.85. The highest BCUT2D eigenvalue weighted by Gasteiger charge is 2.39. The fourth-order valence-electron chi connectivity index (χ4n) is 1.64. The summed E-state index contributed by atoms with van der Waals surface area (Å²) in [5.74, 6) is -2.06. The Morgan fingerprint density at radius 2 is 1.70 bits per heavy atom. The number of anilines is 1. The van der Waals surface area contributed by atoms with Gasteiger partial charge in [0.15, 0.2) is 0 Å². The van der Waals surface area contributed by atoms with Gasteiger partial charge in [-0.25, -0.2) is 0 Å². The van der Waals surface area contributed by atoms with Crippen LogP contribution in [-0.2, 0) is 18.4 Å². The number of amides is 1. The second-order valence-electron chi connectivity index (χ2n) is 4.29. The lowest BCUT2D eigenvalue weighted by molar-refractivity contribution is -0.167. The molecule has 0 saturated heterocycles. The third kappa shape index (κ3) is 5.60. The minimum Gasteiger partial charge on any atom is -0.318 e. The number of hydrogen-bond acceptors (Lipinski definition) is 4. The van der Waals surface area contributed by atoms with Crippen molar-refractivity contribution >= 4 is 35.1 Å². The van der Waals surface area contributed by atoms with Crippen LogP contribution in [0.2, 0.25) is 0 Å². The van der Waals surface area contributed by atoms with Crippen LogP contribution in [0.5, 0.6) is 0 Å². The maximum absolute atomic E-state index is 12.6. The number of nitrogens with one attached hydrogen (secondary N) is 1. The van der Waals surface area contributed by atoms with E-state index in [4.69, 9.17) is 9.05 Å². The molecule has 0 aliphatic rings. The van der Waals surface area contributed by atoms with Gasteiger partial charge in [-0.15, -0.1) is 0 Å². The van der Waals surface area contributed by atoms with E-state index < -0.39 is 24.2 Å². The van der Waals surface area contributed by atoms with Gasteiger partial charge in [-0.3, -0.25) is 9.36 Å². The highest BCUT2D eigenvalue weighted by molar-refractivity contribution is 9.10. The molecule has 5 nitrogen and oxygen atoms in total. The summed E-state index contributed by atoms with van der Waals surface area (Å²) in [4.78, 5) is 10.9. The summed E-state index contributed by atoms with van der Waals surface area (Å²) in [6.45, 7) is 3.69. The SMILES string of the molecule is CCOP(=O)(OCC)C(Br)c1ccc(NC(=O)C(F)(F)F)cc1. The van der Waals surface area contributed by atoms with Crippen molar-refractivity contribution in [3.05, 3.63) is 29.8 Å². The van der Waals surface area contributed by atoms with E-state index in [0.717, 1.165) is 0 Å². The zero-order chi connectivity index (χ0) is 17.7. The van der Waals surface area contributed by atoms with E-state index in [9.17, 15) is 22.5 Å². The minimum atomic E-state index is -4.96. The summed E-state index contributed by atoms with van der Waals surface area (Å²) in [6, 6.07) is 5.40. The molecule has 0 aliphatic heterocycles. The summed E-state index contributed by atoms with van der Waals surface area (Å²) >= 11 is 3.24. The smallest absolute Gasteiger partial charge is 0.318 e. The van der Waals surface area contributed by atoms with Gasteiger partial charge in [0.2, 0.25) is 0 Å². The van der Waals surface area contributed by atoms with Crippen molar-refractivity contribution in [2.45, 2.75) is 24.6 Å². The van der Waals surface area contributed by atoms with Gasteiger partial charge in [-0.2, -0.15) is 13.2 Å². The van der Waals surface area contributed by atoms with Gasteiger partial charge >= 0.3 is 19.7 Å². The lowest BCUT2D eigenvalue weighted by Crippen LogP contribution is -2.29. The molecular formula is C13H16BrF3NO4P. The molecular weight excluding hydrogens is 402 g/mol. The third-order valence-corrected chi connectivity index (χ3v) is 6.72. The summed E-state index contributed by atoms with van der Waals surface area (Å²) in [5, 5.41) is 1.73. The fourth-order valence-corrected chi connectivity index (χ4v) is 4.25. The van der Waals surface area contributed by atoms with Gasteiger partial charge in [0.1, 0.15) is 4.57 Å². The highest BCUT2D eigenvalue weighted by Crippen LogP contribution is 2.63. The Balaban J connectivity index is 2.90. The van der Waals surface area contributed by atoms with Gasteiger partial charge in [-0.1, -0.05) is 28.1 Å². The van der Waals surface area contributed by atoms with Gasteiger partial charge in [0.05, 0.1) is 13.2 Å². The first kappa shape index (κ1) is 20.2. The van der Waals surface area contributed by atoms with Crippen molar-refractivity contribution in [2.24, 2.45) is 0 Å². The quantitative estimate of drug-likeness (QED) is 0.508. The number of carbonyl (C=O) groups is 1. The molecule has 130 valence electrons. The number of rotatable bonds is 7. The largest absolute Gasteiger partial charge is 0.471 e. The Kier molecular flexibility index (Phi) is 7.26. The fraction of sp³-hybridized carbons (Fsp3) is 0.462. The molecule has 0 fully saturated rings. The van der Waals surface area contributed by atoms with Crippen molar-refractivity contribution in [3.63, 3.8) is 0 Å². The van der Waals surface area contributed by atoms with Crippen LogP contribution < -0.4 is 5.32 Å². The van der Waals surface area contributed by atoms with Gasteiger partial charge in [0, 0.05) is 5.69 Å². The maximum Gasteiger partial charge on any atom is 0.471 e. The van der Waals surface area contributed by atoms with Crippen LogP contribution in [0.4, 0.5) is 18.9 Å². The van der Waals surface area contributed by atoms with E-state index in [2.05, 4.69) is 15.9 Å². The monoisotopic (exact) mass is 417 g/mol. The van der Waals surface area contributed by atoms with E-state index >= 15 is 0 Å². The van der Waals surface area contributed by atoms with Crippen LogP contribution in [0.1, 0.15) is 24.0 Å². The number of carbonyl (C=O) groups excluding carboxylic acids is 1. The molecule has 0 aromatic heterocycles. The number of alkyl halides is 4. The first-order valence-corrected chi connectivity index (χ1v) is 9.17. The molecule has 1 amide bonds. The molecule has 10 heteroatoms. The van der Waals surface area contributed by atoms with Crippen LogP contribution in [0, 0.1) is 0 Å². The average Bonchev–Trinajstić information content (AvgIpc) is 2.47. The molecule has 1 rings (SSSR count). The topological polar surface area (TPSA) is 64.6 Å². The zero-order valence-electron chi connectivity index (χ0n) is 12.4. The molecule has 1 aromatic rings. The molecule has 0 spiro atoms. The molecule has 1 atom stereocenters. The van der Waals surface area contributed by atoms with E-state index in [1.54, 1.807) is 19.2 Å². The second-order valence-corrected chi connectivity index (χ2v) is 8.02. The maximum atomic E-state index is 12.6. The second kappa shape index (κ2) is 8.28. The number of halogens is 4. The number of benzene rings is 1. The normalized spacial score (nSPS) is 13.7. The Hall–Kier alpha value is -0.890. The standard InChI is InChI=1S/C13H16BrF3NO4P/c1-3-21-23(20,22-4-2)11(14)9-5-7-10(8-6-9)18-12(19)13(15,16)17/h5-8,11H,3-4H2,1-2H3,(H,18,19). The first-order chi connectivity index (χ1) is 10.6. The Labute approximate surface area is 140 Å². The van der Waals surface area contributed by atoms with Gasteiger partial charge in [0.25, 0.3) is 0 Å². The van der Waals surface area contributed by atoms with Crippen molar-refractivity contribution in [2.75, 3.05) is 18.5 Å². The lowest BCUT2D eigenvalue weighted by atomic mass is 10.2. The van der Waals surface area contributed by atoms with E-state index in [0.29, 0.717) is 5.56 Å². The molecule has 1 unspecified atom stereocenters. The summed E-state index contributed by atoms with van der Waals surface area (Å²) in [5.41, 5.74) is 0.457. The summed E-state index contributed by atoms with van der Waals surface area (Å²) < 4.78 is 58.7. The van der Waals surface area contributed by atoms with Crippen LogP contribution in [0.15, 0.2) is 24.3 Å².